The molecule has 1 aromatic heterocycles. The summed E-state index contributed by atoms with van der Waals surface area (Å²) in [5.74, 6) is -0.491. The van der Waals surface area contributed by atoms with Gasteiger partial charge in [-0.3, -0.25) is 19.0 Å². The maximum atomic E-state index is 12.2. The summed E-state index contributed by atoms with van der Waals surface area (Å²) in [6.07, 6.45) is 2.58. The van der Waals surface area contributed by atoms with E-state index in [1.165, 1.54) is 24.1 Å². The number of ether oxygens (including phenoxy) is 1. The van der Waals surface area contributed by atoms with Crippen molar-refractivity contribution in [3.05, 3.63) is 28.4 Å². The summed E-state index contributed by atoms with van der Waals surface area (Å²) < 4.78 is 6.01. The summed E-state index contributed by atoms with van der Waals surface area (Å²) in [6, 6.07) is 1.40. The van der Waals surface area contributed by atoms with E-state index in [1.54, 1.807) is 11.8 Å². The molecule has 0 unspecified atom stereocenters. The van der Waals surface area contributed by atoms with Crippen LogP contribution in [-0.2, 0) is 20.9 Å². The Balaban J connectivity index is 1.93. The van der Waals surface area contributed by atoms with Gasteiger partial charge in [-0.25, -0.2) is 4.98 Å². The Hall–Kier alpha value is -2.18. The van der Waals surface area contributed by atoms with Crippen molar-refractivity contribution in [1.29, 1.82) is 0 Å². The van der Waals surface area contributed by atoms with E-state index in [0.717, 1.165) is 0 Å². The van der Waals surface area contributed by atoms with E-state index < -0.39 is 0 Å². The summed E-state index contributed by atoms with van der Waals surface area (Å²) in [7, 11) is 1.37. The lowest BCUT2D eigenvalue weighted by atomic mass is 9.97. The second-order valence-electron chi connectivity index (χ2n) is 5.17. The number of nitrogens with zero attached hydrogens (tertiary/aromatic N) is 3. The number of amides is 1. The topological polar surface area (TPSA) is 81.5 Å². The maximum absolute atomic E-state index is 12.2. The molecule has 2 rings (SSSR count). The molecule has 0 atom stereocenters. The number of hydrogen-bond acceptors (Lipinski definition) is 5. The van der Waals surface area contributed by atoms with Crippen LogP contribution in [-0.4, -0.2) is 46.5 Å². The van der Waals surface area contributed by atoms with Gasteiger partial charge in [-0.15, -0.1) is 0 Å². The molecule has 7 heteroatoms. The SMILES string of the molecule is COC(=O)C1CCN(C(=O)Cn2cnc(C)cc2=O)CC1. The molecule has 0 spiro atoms. The van der Waals surface area contributed by atoms with Gasteiger partial charge in [-0.05, 0) is 19.8 Å². The third-order valence-electron chi connectivity index (χ3n) is 3.70. The molecule has 0 radical (unpaired) electrons. The average Bonchev–Trinajstić information content (AvgIpc) is 2.49. The highest BCUT2D eigenvalue weighted by Gasteiger charge is 2.27. The van der Waals surface area contributed by atoms with Gasteiger partial charge in [0.15, 0.2) is 0 Å². The number of carbonyl (C=O) groups is 2. The van der Waals surface area contributed by atoms with Gasteiger partial charge in [0.1, 0.15) is 6.54 Å². The van der Waals surface area contributed by atoms with Crippen molar-refractivity contribution >= 4 is 11.9 Å². The quantitative estimate of drug-likeness (QED) is 0.731. The molecule has 0 N–H and O–H groups in total. The largest absolute Gasteiger partial charge is 0.469 e. The van der Waals surface area contributed by atoms with E-state index in [4.69, 9.17) is 4.74 Å². The lowest BCUT2D eigenvalue weighted by molar-refractivity contribution is -0.149. The average molecular weight is 293 g/mol. The molecular weight excluding hydrogens is 274 g/mol. The van der Waals surface area contributed by atoms with Crippen LogP contribution in [0.15, 0.2) is 17.2 Å². The van der Waals surface area contributed by atoms with Crippen LogP contribution in [0.2, 0.25) is 0 Å². The highest BCUT2D eigenvalue weighted by Crippen LogP contribution is 2.18. The molecule has 21 heavy (non-hydrogen) atoms. The zero-order valence-electron chi connectivity index (χ0n) is 12.2. The van der Waals surface area contributed by atoms with E-state index in [9.17, 15) is 14.4 Å². The zero-order valence-corrected chi connectivity index (χ0v) is 12.2. The number of hydrogen-bond donors (Lipinski definition) is 0. The molecule has 7 nitrogen and oxygen atoms in total. The molecule has 114 valence electrons. The Morgan fingerprint density at radius 3 is 2.62 bits per heavy atom. The number of aromatic nitrogens is 2. The van der Waals surface area contributed by atoms with Crippen molar-refractivity contribution in [1.82, 2.24) is 14.5 Å². The van der Waals surface area contributed by atoms with Crippen LogP contribution in [0.1, 0.15) is 18.5 Å². The monoisotopic (exact) mass is 293 g/mol. The summed E-state index contributed by atoms with van der Waals surface area (Å²) in [6.45, 7) is 2.72. The molecule has 1 saturated heterocycles. The minimum absolute atomic E-state index is 0.0188. The number of methoxy groups -OCH3 is 1. The number of aryl methyl sites for hydroxylation is 1. The molecule has 1 aliphatic heterocycles. The van der Waals surface area contributed by atoms with Crippen LogP contribution in [0.4, 0.5) is 0 Å². The van der Waals surface area contributed by atoms with Crippen LogP contribution in [0.3, 0.4) is 0 Å². The van der Waals surface area contributed by atoms with Crippen LogP contribution in [0.25, 0.3) is 0 Å². The second kappa shape index (κ2) is 6.51. The Kier molecular flexibility index (Phi) is 4.72. The van der Waals surface area contributed by atoms with Gasteiger partial charge in [-0.2, -0.15) is 0 Å². The van der Waals surface area contributed by atoms with Crippen LogP contribution in [0, 0.1) is 12.8 Å². The van der Waals surface area contributed by atoms with E-state index in [-0.39, 0.29) is 29.9 Å². The lowest BCUT2D eigenvalue weighted by Crippen LogP contribution is -2.43. The van der Waals surface area contributed by atoms with E-state index in [0.29, 0.717) is 31.6 Å². The van der Waals surface area contributed by atoms with Crippen molar-refractivity contribution in [2.45, 2.75) is 26.3 Å². The van der Waals surface area contributed by atoms with Gasteiger partial charge >= 0.3 is 5.97 Å². The zero-order chi connectivity index (χ0) is 15.4. The van der Waals surface area contributed by atoms with E-state index >= 15 is 0 Å². The third kappa shape index (κ3) is 3.68. The van der Waals surface area contributed by atoms with Crippen molar-refractivity contribution < 1.29 is 14.3 Å². The number of likely N-dealkylation sites (tertiary alicyclic amines) is 1. The number of rotatable bonds is 3. The molecule has 0 aromatic carbocycles. The molecule has 1 aliphatic rings. The van der Waals surface area contributed by atoms with Crippen molar-refractivity contribution in [3.8, 4) is 0 Å². The van der Waals surface area contributed by atoms with Crippen molar-refractivity contribution in [2.24, 2.45) is 5.92 Å². The summed E-state index contributed by atoms with van der Waals surface area (Å²) in [4.78, 5) is 41.0. The first-order valence-electron chi connectivity index (χ1n) is 6.90. The lowest BCUT2D eigenvalue weighted by Gasteiger charge is -2.30. The molecule has 2 heterocycles. The standard InChI is InChI=1S/C14H19N3O4/c1-10-7-12(18)17(9-15-10)8-13(19)16-5-3-11(4-6-16)14(20)21-2/h7,9,11H,3-6,8H2,1-2H3. The predicted molar refractivity (Wildman–Crippen MR) is 74.6 cm³/mol. The Bertz CT molecular complexity index is 588. The molecule has 1 fully saturated rings. The van der Waals surface area contributed by atoms with Gasteiger partial charge in [0.2, 0.25) is 5.91 Å². The summed E-state index contributed by atoms with van der Waals surface area (Å²) >= 11 is 0. The highest BCUT2D eigenvalue weighted by atomic mass is 16.5. The maximum Gasteiger partial charge on any atom is 0.308 e. The first-order chi connectivity index (χ1) is 10.0. The fourth-order valence-corrected chi connectivity index (χ4v) is 2.41. The fourth-order valence-electron chi connectivity index (χ4n) is 2.41. The van der Waals surface area contributed by atoms with Gasteiger partial charge in [0, 0.05) is 24.8 Å². The Morgan fingerprint density at radius 1 is 1.38 bits per heavy atom. The number of esters is 1. The molecule has 1 aromatic rings. The number of piperidine rings is 1. The highest BCUT2D eigenvalue weighted by molar-refractivity contribution is 5.77. The van der Waals surface area contributed by atoms with Crippen LogP contribution < -0.4 is 5.56 Å². The van der Waals surface area contributed by atoms with Gasteiger partial charge in [0.05, 0.1) is 19.4 Å². The van der Waals surface area contributed by atoms with Gasteiger partial charge in [-0.1, -0.05) is 0 Å². The molecular formula is C14H19N3O4. The third-order valence-corrected chi connectivity index (χ3v) is 3.70. The Labute approximate surface area is 122 Å². The summed E-state index contributed by atoms with van der Waals surface area (Å²) in [5, 5.41) is 0. The number of carbonyl (C=O) groups excluding carboxylic acids is 2. The fraction of sp³-hybridized carbons (Fsp3) is 0.571. The molecule has 0 bridgehead atoms. The van der Waals surface area contributed by atoms with Crippen LogP contribution in [0.5, 0.6) is 0 Å². The predicted octanol–water partition coefficient (Wildman–Crippen LogP) is -0.0367. The summed E-state index contributed by atoms with van der Waals surface area (Å²) in [5.41, 5.74) is 0.392. The molecule has 0 saturated carbocycles. The van der Waals surface area contributed by atoms with E-state index in [2.05, 4.69) is 4.98 Å². The van der Waals surface area contributed by atoms with Crippen molar-refractivity contribution in [2.75, 3.05) is 20.2 Å². The minimum Gasteiger partial charge on any atom is -0.469 e. The molecule has 0 aliphatic carbocycles. The first kappa shape index (κ1) is 15.2. The second-order valence-corrected chi connectivity index (χ2v) is 5.17. The smallest absolute Gasteiger partial charge is 0.308 e. The minimum atomic E-state index is -0.236. The first-order valence-corrected chi connectivity index (χ1v) is 6.90. The van der Waals surface area contributed by atoms with Crippen molar-refractivity contribution in [3.63, 3.8) is 0 Å². The van der Waals surface area contributed by atoms with Crippen LogP contribution >= 0.6 is 0 Å². The van der Waals surface area contributed by atoms with E-state index in [1.807, 2.05) is 0 Å². The normalized spacial score (nSPS) is 15.8. The molecule has 1 amide bonds. The Morgan fingerprint density at radius 2 is 2.05 bits per heavy atom. The van der Waals surface area contributed by atoms with Gasteiger partial charge in [0.25, 0.3) is 5.56 Å². The van der Waals surface area contributed by atoms with Gasteiger partial charge < -0.3 is 9.64 Å².